The molecule has 0 saturated heterocycles. The van der Waals surface area contributed by atoms with Crippen LogP contribution >= 0.6 is 11.8 Å². The molecular weight excluding hydrogens is 385 g/mol. The second-order valence-electron chi connectivity index (χ2n) is 6.34. The first-order chi connectivity index (χ1) is 14.2. The van der Waals surface area contributed by atoms with Gasteiger partial charge in [-0.3, -0.25) is 4.79 Å². The molecule has 4 rings (SSSR count). The molecule has 0 spiro atoms. The fraction of sp³-hybridized carbons (Fsp3) is 0.0435. The number of hydrogen-bond acceptors (Lipinski definition) is 3. The molecule has 0 atom stereocenters. The number of aromatic nitrogens is 1. The van der Waals surface area contributed by atoms with Gasteiger partial charge in [0.1, 0.15) is 5.82 Å². The molecule has 4 aromatic rings. The van der Waals surface area contributed by atoms with Crippen molar-refractivity contribution in [2.45, 2.75) is 4.90 Å². The summed E-state index contributed by atoms with van der Waals surface area (Å²) in [6.45, 7) is 0. The van der Waals surface area contributed by atoms with Gasteiger partial charge in [-0.05, 0) is 23.8 Å². The number of hydrazone groups is 1. The van der Waals surface area contributed by atoms with Crippen LogP contribution in [0.25, 0.3) is 22.2 Å². The number of benzene rings is 3. The predicted molar refractivity (Wildman–Crippen MR) is 117 cm³/mol. The monoisotopic (exact) mass is 403 g/mol. The van der Waals surface area contributed by atoms with Gasteiger partial charge < -0.3 is 4.98 Å². The van der Waals surface area contributed by atoms with Crippen LogP contribution in [-0.2, 0) is 4.79 Å². The van der Waals surface area contributed by atoms with Crippen molar-refractivity contribution in [3.63, 3.8) is 0 Å². The third-order valence-electron chi connectivity index (χ3n) is 4.39. The highest BCUT2D eigenvalue weighted by atomic mass is 32.2. The maximum atomic E-state index is 13.6. The molecule has 0 aliphatic heterocycles. The predicted octanol–water partition coefficient (Wildman–Crippen LogP) is 5.22. The highest BCUT2D eigenvalue weighted by Crippen LogP contribution is 2.29. The van der Waals surface area contributed by atoms with Crippen molar-refractivity contribution in [3.05, 3.63) is 90.2 Å². The minimum absolute atomic E-state index is 0.0811. The van der Waals surface area contributed by atoms with Gasteiger partial charge >= 0.3 is 0 Å². The molecule has 0 unspecified atom stereocenters. The lowest BCUT2D eigenvalue weighted by molar-refractivity contribution is -0.118. The molecule has 1 aromatic heterocycles. The summed E-state index contributed by atoms with van der Waals surface area (Å²) in [5.74, 6) is -0.548. The Bertz CT molecular complexity index is 1170. The quantitative estimate of drug-likeness (QED) is 0.264. The fourth-order valence-electron chi connectivity index (χ4n) is 3.04. The van der Waals surface area contributed by atoms with Crippen molar-refractivity contribution in [3.8, 4) is 11.3 Å². The normalized spacial score (nSPS) is 11.2. The first kappa shape index (κ1) is 19.0. The molecule has 0 aliphatic rings. The number of fused-ring (bicyclic) bond motifs is 1. The summed E-state index contributed by atoms with van der Waals surface area (Å²) >= 11 is 1.14. The smallest absolute Gasteiger partial charge is 0.250 e. The van der Waals surface area contributed by atoms with Crippen LogP contribution in [0.5, 0.6) is 0 Å². The summed E-state index contributed by atoms with van der Waals surface area (Å²) in [5, 5.41) is 5.15. The van der Waals surface area contributed by atoms with E-state index in [0.29, 0.717) is 4.90 Å². The Morgan fingerprint density at radius 3 is 2.55 bits per heavy atom. The highest BCUT2D eigenvalue weighted by Gasteiger charge is 2.11. The van der Waals surface area contributed by atoms with E-state index in [9.17, 15) is 9.18 Å². The lowest BCUT2D eigenvalue weighted by atomic mass is 10.1. The van der Waals surface area contributed by atoms with Gasteiger partial charge in [-0.15, -0.1) is 11.8 Å². The molecule has 144 valence electrons. The van der Waals surface area contributed by atoms with Gasteiger partial charge in [0.2, 0.25) is 5.91 Å². The third-order valence-corrected chi connectivity index (χ3v) is 5.44. The van der Waals surface area contributed by atoms with E-state index < -0.39 is 0 Å². The lowest BCUT2D eigenvalue weighted by Crippen LogP contribution is -2.19. The molecule has 3 aromatic carbocycles. The maximum Gasteiger partial charge on any atom is 0.250 e. The van der Waals surface area contributed by atoms with Crippen molar-refractivity contribution in [2.24, 2.45) is 5.10 Å². The molecule has 1 amide bonds. The standard InChI is InChI=1S/C23H18FN3OS/c24-19-11-5-7-13-21(19)29-15-22(28)27-25-14-18-17-10-4-6-12-20(17)26-23(18)16-8-2-1-3-9-16/h1-14,26H,15H2,(H,27,28)/b25-14+. The minimum atomic E-state index is -0.333. The Balaban J connectivity index is 1.51. The number of nitrogens with one attached hydrogen (secondary N) is 2. The van der Waals surface area contributed by atoms with E-state index in [1.165, 1.54) is 6.07 Å². The van der Waals surface area contributed by atoms with E-state index in [4.69, 9.17) is 0 Å². The number of H-pyrrole nitrogens is 1. The Labute approximate surface area is 171 Å². The van der Waals surface area contributed by atoms with E-state index in [1.807, 2.05) is 54.6 Å². The average Bonchev–Trinajstić information content (AvgIpc) is 3.12. The molecule has 0 saturated carbocycles. The van der Waals surface area contributed by atoms with Crippen LogP contribution in [0, 0.1) is 5.82 Å². The van der Waals surface area contributed by atoms with Gasteiger partial charge in [-0.1, -0.05) is 60.7 Å². The number of thioether (sulfide) groups is 1. The van der Waals surface area contributed by atoms with Crippen molar-refractivity contribution in [1.82, 2.24) is 10.4 Å². The topological polar surface area (TPSA) is 57.2 Å². The number of halogens is 1. The van der Waals surface area contributed by atoms with Gasteiger partial charge in [-0.25, -0.2) is 9.82 Å². The molecule has 0 aliphatic carbocycles. The fourth-order valence-corrected chi connectivity index (χ4v) is 3.77. The van der Waals surface area contributed by atoms with Crippen LogP contribution in [0.15, 0.2) is 88.9 Å². The second kappa shape index (κ2) is 8.75. The molecule has 0 bridgehead atoms. The van der Waals surface area contributed by atoms with Crippen LogP contribution in [0.2, 0.25) is 0 Å². The van der Waals surface area contributed by atoms with Crippen molar-refractivity contribution in [1.29, 1.82) is 0 Å². The van der Waals surface area contributed by atoms with Crippen LogP contribution < -0.4 is 5.43 Å². The Kier molecular flexibility index (Phi) is 5.72. The Morgan fingerprint density at radius 1 is 1.00 bits per heavy atom. The zero-order chi connectivity index (χ0) is 20.1. The van der Waals surface area contributed by atoms with Gasteiger partial charge in [0.25, 0.3) is 0 Å². The van der Waals surface area contributed by atoms with E-state index in [2.05, 4.69) is 15.5 Å². The van der Waals surface area contributed by atoms with Gasteiger partial charge in [0.05, 0.1) is 17.7 Å². The van der Waals surface area contributed by atoms with E-state index in [0.717, 1.165) is 39.5 Å². The Hall–Kier alpha value is -3.38. The van der Waals surface area contributed by atoms with Crippen molar-refractivity contribution < 1.29 is 9.18 Å². The first-order valence-electron chi connectivity index (χ1n) is 9.08. The molecule has 4 nitrogen and oxygen atoms in total. The first-order valence-corrected chi connectivity index (χ1v) is 10.1. The lowest BCUT2D eigenvalue weighted by Gasteiger charge is -2.03. The highest BCUT2D eigenvalue weighted by molar-refractivity contribution is 8.00. The van der Waals surface area contributed by atoms with Crippen molar-refractivity contribution in [2.75, 3.05) is 5.75 Å². The number of amides is 1. The summed E-state index contributed by atoms with van der Waals surface area (Å²) in [6, 6.07) is 24.3. The number of nitrogens with zero attached hydrogens (tertiary/aromatic N) is 1. The van der Waals surface area contributed by atoms with Crippen LogP contribution in [0.3, 0.4) is 0 Å². The Morgan fingerprint density at radius 2 is 1.72 bits per heavy atom. The summed E-state index contributed by atoms with van der Waals surface area (Å²) < 4.78 is 13.6. The molecule has 6 heteroatoms. The van der Waals surface area contributed by atoms with Gasteiger partial charge in [-0.2, -0.15) is 5.10 Å². The molecule has 1 heterocycles. The zero-order valence-corrected chi connectivity index (χ0v) is 16.2. The largest absolute Gasteiger partial charge is 0.354 e. The summed E-state index contributed by atoms with van der Waals surface area (Å²) in [5.41, 5.74) is 6.39. The van der Waals surface area contributed by atoms with E-state index in [1.54, 1.807) is 24.4 Å². The number of para-hydroxylation sites is 1. The van der Waals surface area contributed by atoms with E-state index >= 15 is 0 Å². The third kappa shape index (κ3) is 4.38. The molecule has 0 radical (unpaired) electrons. The summed E-state index contributed by atoms with van der Waals surface area (Å²) in [4.78, 5) is 16.0. The van der Waals surface area contributed by atoms with Crippen molar-refractivity contribution >= 4 is 34.8 Å². The minimum Gasteiger partial charge on any atom is -0.354 e. The van der Waals surface area contributed by atoms with Crippen LogP contribution in [0.4, 0.5) is 4.39 Å². The maximum absolute atomic E-state index is 13.6. The number of hydrogen-bond donors (Lipinski definition) is 2. The van der Waals surface area contributed by atoms with Gasteiger partial charge in [0.15, 0.2) is 0 Å². The summed E-state index contributed by atoms with van der Waals surface area (Å²) in [7, 11) is 0. The zero-order valence-electron chi connectivity index (χ0n) is 15.4. The van der Waals surface area contributed by atoms with Gasteiger partial charge in [0, 0.05) is 21.4 Å². The molecule has 0 fully saturated rings. The molecule has 29 heavy (non-hydrogen) atoms. The average molecular weight is 403 g/mol. The molecule has 2 N–H and O–H groups in total. The number of rotatable bonds is 6. The number of aromatic amines is 1. The molecular formula is C23H18FN3OS. The SMILES string of the molecule is O=C(CSc1ccccc1F)N/N=C/c1c(-c2ccccc2)[nH]c2ccccc12. The number of carbonyl (C=O) groups is 1. The van der Waals surface area contributed by atoms with Crippen LogP contribution in [0.1, 0.15) is 5.56 Å². The number of carbonyl (C=O) groups excluding carboxylic acids is 1. The summed E-state index contributed by atoms with van der Waals surface area (Å²) in [6.07, 6.45) is 1.65. The van der Waals surface area contributed by atoms with E-state index in [-0.39, 0.29) is 17.5 Å². The second-order valence-corrected chi connectivity index (χ2v) is 7.35. The van der Waals surface area contributed by atoms with Crippen LogP contribution in [-0.4, -0.2) is 22.9 Å².